The molecule has 8 nitrogen and oxygen atoms in total. The molecule has 9 heteroatoms. The predicted molar refractivity (Wildman–Crippen MR) is 113 cm³/mol. The fourth-order valence-corrected chi connectivity index (χ4v) is 2.76. The molecule has 160 valence electrons. The molecule has 0 radical (unpaired) electrons. The molecule has 29 heavy (non-hydrogen) atoms. The molecule has 0 saturated carbocycles. The van der Waals surface area contributed by atoms with Gasteiger partial charge in [-0.3, -0.25) is 0 Å². The Labute approximate surface area is 171 Å². The van der Waals surface area contributed by atoms with Gasteiger partial charge in [-0.15, -0.1) is 0 Å². The molecule has 0 unspecified atom stereocenters. The largest absolute Gasteiger partial charge is 0.384 e. The van der Waals surface area contributed by atoms with Crippen LogP contribution < -0.4 is 21.7 Å². The minimum absolute atomic E-state index is 0.213. The van der Waals surface area contributed by atoms with Crippen LogP contribution in [0.5, 0.6) is 0 Å². The van der Waals surface area contributed by atoms with Gasteiger partial charge in [-0.1, -0.05) is 12.1 Å². The zero-order chi connectivity index (χ0) is 21.1. The van der Waals surface area contributed by atoms with Gasteiger partial charge in [0.1, 0.15) is 17.5 Å². The first-order valence-electron chi connectivity index (χ1n) is 9.73. The van der Waals surface area contributed by atoms with Gasteiger partial charge in [-0.05, 0) is 38.1 Å². The molecule has 4 heterocycles. The van der Waals surface area contributed by atoms with Crippen LogP contribution in [0.15, 0.2) is 36.4 Å². The van der Waals surface area contributed by atoms with Crippen LogP contribution in [-0.4, -0.2) is 61.6 Å². The Bertz CT molecular complexity index is 712. The number of pyridine rings is 2. The maximum absolute atomic E-state index is 12.0. The first-order chi connectivity index (χ1) is 13.9. The highest BCUT2D eigenvalue weighted by molar-refractivity contribution is 5.45. The normalized spacial score (nSPS) is 21.3. The lowest BCUT2D eigenvalue weighted by atomic mass is 10.3. The van der Waals surface area contributed by atoms with Crippen molar-refractivity contribution in [3.05, 3.63) is 42.3 Å². The number of ether oxygens (including phenoxy) is 2. The van der Waals surface area contributed by atoms with Crippen LogP contribution in [0.2, 0.25) is 0 Å². The molecule has 2 saturated heterocycles. The van der Waals surface area contributed by atoms with Crippen LogP contribution in [0.3, 0.4) is 0 Å². The third kappa shape index (κ3) is 9.03. The van der Waals surface area contributed by atoms with Crippen LogP contribution in [0.4, 0.5) is 21.8 Å². The Morgan fingerprint density at radius 2 is 1.69 bits per heavy atom. The number of rotatable bonds is 1. The van der Waals surface area contributed by atoms with E-state index in [4.69, 9.17) is 20.9 Å². The lowest BCUT2D eigenvalue weighted by Crippen LogP contribution is -2.41. The number of nitrogens with two attached hydrogens (primary N) is 2. The van der Waals surface area contributed by atoms with Gasteiger partial charge in [0, 0.05) is 26.2 Å². The second kappa shape index (κ2) is 12.2. The van der Waals surface area contributed by atoms with E-state index in [0.29, 0.717) is 11.9 Å². The van der Waals surface area contributed by atoms with Crippen LogP contribution >= 0.6 is 0 Å². The fourth-order valence-electron chi connectivity index (χ4n) is 2.76. The van der Waals surface area contributed by atoms with Gasteiger partial charge >= 0.3 is 0 Å². The summed E-state index contributed by atoms with van der Waals surface area (Å²) in [4.78, 5) is 9.76. The van der Waals surface area contributed by atoms with Crippen LogP contribution in [0, 0.1) is 5.95 Å². The van der Waals surface area contributed by atoms with E-state index in [9.17, 15) is 4.39 Å². The minimum Gasteiger partial charge on any atom is -0.384 e. The molecule has 0 amide bonds. The van der Waals surface area contributed by atoms with E-state index in [1.807, 2.05) is 12.1 Å². The van der Waals surface area contributed by atoms with Gasteiger partial charge in [0.2, 0.25) is 5.95 Å². The number of nitrogens with zero attached hydrogens (tertiary/aromatic N) is 3. The van der Waals surface area contributed by atoms with E-state index in [1.54, 1.807) is 6.07 Å². The maximum atomic E-state index is 12.0. The molecule has 2 aliphatic heterocycles. The number of hydrogen-bond acceptors (Lipinski definition) is 8. The summed E-state index contributed by atoms with van der Waals surface area (Å²) in [5.41, 5.74) is 10.7. The van der Waals surface area contributed by atoms with Crippen molar-refractivity contribution in [2.45, 2.75) is 26.1 Å². The predicted octanol–water partition coefficient (Wildman–Crippen LogP) is 1.69. The minimum atomic E-state index is -0.537. The molecule has 0 bridgehead atoms. The fraction of sp³-hybridized carbons (Fsp3) is 0.500. The highest BCUT2D eigenvalue weighted by atomic mass is 19.1. The van der Waals surface area contributed by atoms with Crippen molar-refractivity contribution in [3.63, 3.8) is 0 Å². The summed E-state index contributed by atoms with van der Waals surface area (Å²) in [7, 11) is 0. The third-order valence-corrected chi connectivity index (χ3v) is 4.17. The molecular weight excluding hydrogens is 375 g/mol. The molecule has 0 aromatic carbocycles. The lowest BCUT2D eigenvalue weighted by molar-refractivity contribution is 0.0410. The number of nitrogens with one attached hydrogen (secondary N) is 1. The Hall–Kier alpha value is -2.49. The van der Waals surface area contributed by atoms with E-state index in [-0.39, 0.29) is 11.9 Å². The summed E-state index contributed by atoms with van der Waals surface area (Å²) in [5, 5.41) is 3.21. The quantitative estimate of drug-likeness (QED) is 0.614. The van der Waals surface area contributed by atoms with Gasteiger partial charge in [0.25, 0.3) is 0 Å². The standard InChI is InChI=1S/C10H15N3O.C5H5FN2.C5H11NO/c1-8-7-13(5-6-14-8)10-4-2-3-9(11)12-10;6-4-2-1-3-5(7)8-4;1-5-4-6-2-3-7-5/h2-4,8H,5-7H2,1H3,(H2,11,12);1-3H,(H2,7,8);5-6H,2-4H2,1H3/t8-;;5-/m0.0/s1. The zero-order valence-electron chi connectivity index (χ0n) is 17.1. The molecule has 2 fully saturated rings. The lowest BCUT2D eigenvalue weighted by Gasteiger charge is -2.32. The highest BCUT2D eigenvalue weighted by Crippen LogP contribution is 2.15. The Balaban J connectivity index is 0.000000170. The first kappa shape index (κ1) is 22.8. The third-order valence-electron chi connectivity index (χ3n) is 4.17. The summed E-state index contributed by atoms with van der Waals surface area (Å²) in [6, 6.07) is 10.00. The summed E-state index contributed by atoms with van der Waals surface area (Å²) in [5.74, 6) is 1.19. The molecule has 4 rings (SSSR count). The van der Waals surface area contributed by atoms with Gasteiger partial charge in [0.15, 0.2) is 0 Å². The number of anilines is 3. The number of aromatic nitrogens is 2. The average Bonchev–Trinajstić information content (AvgIpc) is 2.69. The molecule has 2 atom stereocenters. The van der Waals surface area contributed by atoms with Gasteiger partial charge in [-0.25, -0.2) is 9.97 Å². The number of hydrogen-bond donors (Lipinski definition) is 3. The monoisotopic (exact) mass is 406 g/mol. The van der Waals surface area contributed by atoms with E-state index < -0.39 is 5.95 Å². The Morgan fingerprint density at radius 1 is 1.00 bits per heavy atom. The molecule has 5 N–H and O–H groups in total. The second-order valence-electron chi connectivity index (χ2n) is 6.82. The molecule has 0 aliphatic carbocycles. The van der Waals surface area contributed by atoms with Crippen LogP contribution in [-0.2, 0) is 9.47 Å². The topological polar surface area (TPSA) is 112 Å². The molecule has 2 aromatic rings. The Morgan fingerprint density at radius 3 is 2.17 bits per heavy atom. The van der Waals surface area contributed by atoms with Crippen molar-refractivity contribution in [3.8, 4) is 0 Å². The number of morpholine rings is 2. The average molecular weight is 407 g/mol. The maximum Gasteiger partial charge on any atom is 0.214 e. The van der Waals surface area contributed by atoms with E-state index in [0.717, 1.165) is 45.2 Å². The van der Waals surface area contributed by atoms with E-state index in [2.05, 4.69) is 34.0 Å². The molecule has 0 spiro atoms. The Kier molecular flexibility index (Phi) is 9.55. The highest BCUT2D eigenvalue weighted by Gasteiger charge is 2.17. The summed E-state index contributed by atoms with van der Waals surface area (Å²) >= 11 is 0. The van der Waals surface area contributed by atoms with Crippen molar-refractivity contribution < 1.29 is 13.9 Å². The molecule has 2 aliphatic rings. The summed E-state index contributed by atoms with van der Waals surface area (Å²) < 4.78 is 22.7. The van der Waals surface area contributed by atoms with Crippen molar-refractivity contribution in [2.24, 2.45) is 0 Å². The number of halogens is 1. The SMILES string of the molecule is C[C@H]1CN(c2cccc(N)n2)CCO1.C[C@H]1CNCCO1.Nc1cccc(F)n1. The first-order valence-corrected chi connectivity index (χ1v) is 9.73. The second-order valence-corrected chi connectivity index (χ2v) is 6.82. The molecular formula is C20H31FN6O2. The number of nitrogen functional groups attached to an aromatic ring is 2. The summed E-state index contributed by atoms with van der Waals surface area (Å²) in [6.45, 7) is 9.59. The van der Waals surface area contributed by atoms with Crippen molar-refractivity contribution in [1.29, 1.82) is 0 Å². The van der Waals surface area contributed by atoms with Crippen molar-refractivity contribution in [1.82, 2.24) is 15.3 Å². The summed E-state index contributed by atoms with van der Waals surface area (Å²) in [6.07, 6.45) is 0.695. The van der Waals surface area contributed by atoms with E-state index >= 15 is 0 Å². The smallest absolute Gasteiger partial charge is 0.214 e. The van der Waals surface area contributed by atoms with Crippen LogP contribution in [0.25, 0.3) is 0 Å². The van der Waals surface area contributed by atoms with Gasteiger partial charge in [-0.2, -0.15) is 4.39 Å². The van der Waals surface area contributed by atoms with Crippen LogP contribution in [0.1, 0.15) is 13.8 Å². The van der Waals surface area contributed by atoms with Gasteiger partial charge in [0.05, 0.1) is 25.4 Å². The van der Waals surface area contributed by atoms with Crippen molar-refractivity contribution >= 4 is 17.5 Å². The van der Waals surface area contributed by atoms with Crippen molar-refractivity contribution in [2.75, 3.05) is 55.8 Å². The zero-order valence-corrected chi connectivity index (χ0v) is 17.1. The van der Waals surface area contributed by atoms with Gasteiger partial charge < -0.3 is 31.2 Å². The molecule has 2 aromatic heterocycles. The van der Waals surface area contributed by atoms with E-state index in [1.165, 1.54) is 18.2 Å².